The maximum Gasteiger partial charge on any atom is 0.216 e. The van der Waals surface area contributed by atoms with E-state index in [9.17, 15) is 9.18 Å². The minimum atomic E-state index is -0.611. The third-order valence-corrected chi connectivity index (χ3v) is 2.89. The first-order chi connectivity index (χ1) is 8.63. The summed E-state index contributed by atoms with van der Waals surface area (Å²) in [6.07, 6.45) is 1.20. The summed E-state index contributed by atoms with van der Waals surface area (Å²) in [6, 6.07) is 5.87. The first-order valence-corrected chi connectivity index (χ1v) is 5.77. The molecule has 0 fully saturated rings. The van der Waals surface area contributed by atoms with E-state index in [-0.39, 0.29) is 21.6 Å². The molecular weight excluding hydrogens is 303 g/mol. The Bertz CT molecular complexity index is 604. The van der Waals surface area contributed by atoms with Crippen LogP contribution in [-0.2, 0) is 0 Å². The quantitative estimate of drug-likeness (QED) is 0.818. The van der Waals surface area contributed by atoms with Crippen LogP contribution in [0.3, 0.4) is 0 Å². The SMILES string of the molecule is COc1cc(C(=O)c2cccc(Br)c2F)ncn1. The van der Waals surface area contributed by atoms with E-state index in [1.165, 1.54) is 31.6 Å². The number of methoxy groups -OCH3 is 1. The smallest absolute Gasteiger partial charge is 0.216 e. The Kier molecular flexibility index (Phi) is 3.66. The third kappa shape index (κ3) is 2.38. The Balaban J connectivity index is 2.44. The number of halogens is 2. The minimum absolute atomic E-state index is 0.0508. The van der Waals surface area contributed by atoms with E-state index in [4.69, 9.17) is 4.74 Å². The lowest BCUT2D eigenvalue weighted by atomic mass is 10.1. The highest BCUT2D eigenvalue weighted by Crippen LogP contribution is 2.21. The van der Waals surface area contributed by atoms with Gasteiger partial charge >= 0.3 is 0 Å². The maximum atomic E-state index is 13.8. The van der Waals surface area contributed by atoms with Gasteiger partial charge in [-0.1, -0.05) is 6.07 Å². The van der Waals surface area contributed by atoms with Gasteiger partial charge in [-0.2, -0.15) is 0 Å². The van der Waals surface area contributed by atoms with Gasteiger partial charge in [0, 0.05) is 6.07 Å². The summed E-state index contributed by atoms with van der Waals surface area (Å²) in [6.45, 7) is 0. The van der Waals surface area contributed by atoms with Crippen molar-refractivity contribution >= 4 is 21.7 Å². The van der Waals surface area contributed by atoms with Crippen LogP contribution < -0.4 is 4.74 Å². The number of rotatable bonds is 3. The van der Waals surface area contributed by atoms with Crippen LogP contribution in [0.5, 0.6) is 5.88 Å². The molecule has 0 atom stereocenters. The number of benzene rings is 1. The molecule has 4 nitrogen and oxygen atoms in total. The molecule has 0 saturated heterocycles. The normalized spacial score (nSPS) is 10.2. The molecule has 2 rings (SSSR count). The highest BCUT2D eigenvalue weighted by Gasteiger charge is 2.17. The lowest BCUT2D eigenvalue weighted by Gasteiger charge is -2.04. The number of carbonyl (C=O) groups excluding carboxylic acids is 1. The van der Waals surface area contributed by atoms with E-state index in [0.717, 1.165) is 0 Å². The molecule has 1 heterocycles. The average Bonchev–Trinajstić information content (AvgIpc) is 2.41. The van der Waals surface area contributed by atoms with Gasteiger partial charge < -0.3 is 4.74 Å². The fourth-order valence-corrected chi connectivity index (χ4v) is 1.76. The van der Waals surface area contributed by atoms with Gasteiger partial charge in [0.05, 0.1) is 17.1 Å². The Morgan fingerprint density at radius 3 is 2.89 bits per heavy atom. The predicted octanol–water partition coefficient (Wildman–Crippen LogP) is 2.62. The Morgan fingerprint density at radius 1 is 1.39 bits per heavy atom. The van der Waals surface area contributed by atoms with Crippen molar-refractivity contribution in [1.29, 1.82) is 0 Å². The van der Waals surface area contributed by atoms with Crippen molar-refractivity contribution < 1.29 is 13.9 Å². The highest BCUT2D eigenvalue weighted by molar-refractivity contribution is 9.10. The second-order valence-corrected chi connectivity index (χ2v) is 4.23. The summed E-state index contributed by atoms with van der Waals surface area (Å²) in [4.78, 5) is 19.7. The van der Waals surface area contributed by atoms with E-state index in [1.807, 2.05) is 0 Å². The highest BCUT2D eigenvalue weighted by atomic mass is 79.9. The number of ether oxygens (including phenoxy) is 1. The molecule has 0 spiro atoms. The Hall–Kier alpha value is -1.82. The van der Waals surface area contributed by atoms with Crippen molar-refractivity contribution in [2.45, 2.75) is 0 Å². The molecular formula is C12H8BrFN2O2. The molecule has 0 aliphatic rings. The number of hydrogen-bond acceptors (Lipinski definition) is 4. The number of aromatic nitrogens is 2. The predicted molar refractivity (Wildman–Crippen MR) is 66.1 cm³/mol. The van der Waals surface area contributed by atoms with Gasteiger partial charge in [-0.3, -0.25) is 4.79 Å². The first-order valence-electron chi connectivity index (χ1n) is 4.98. The Labute approximate surface area is 111 Å². The number of carbonyl (C=O) groups is 1. The topological polar surface area (TPSA) is 52.1 Å². The van der Waals surface area contributed by atoms with Gasteiger partial charge in [0.1, 0.15) is 17.8 Å². The lowest BCUT2D eigenvalue weighted by molar-refractivity contribution is 0.103. The van der Waals surface area contributed by atoms with Crippen molar-refractivity contribution in [2.24, 2.45) is 0 Å². The van der Waals surface area contributed by atoms with Gasteiger partial charge in [-0.15, -0.1) is 0 Å². The summed E-state index contributed by atoms with van der Waals surface area (Å²) < 4.78 is 18.9. The van der Waals surface area contributed by atoms with Gasteiger partial charge in [-0.05, 0) is 28.1 Å². The van der Waals surface area contributed by atoms with Crippen LogP contribution in [0.1, 0.15) is 16.1 Å². The molecule has 1 aromatic heterocycles. The van der Waals surface area contributed by atoms with Crippen molar-refractivity contribution in [3.05, 3.63) is 52.1 Å². The van der Waals surface area contributed by atoms with E-state index >= 15 is 0 Å². The molecule has 0 unspecified atom stereocenters. The zero-order chi connectivity index (χ0) is 13.1. The molecule has 1 aromatic carbocycles. The number of ketones is 1. The maximum absolute atomic E-state index is 13.8. The second-order valence-electron chi connectivity index (χ2n) is 3.38. The molecule has 18 heavy (non-hydrogen) atoms. The summed E-state index contributed by atoms with van der Waals surface area (Å²) >= 11 is 3.03. The molecule has 0 bridgehead atoms. The number of hydrogen-bond donors (Lipinski definition) is 0. The van der Waals surface area contributed by atoms with Crippen LogP contribution in [0.15, 0.2) is 35.1 Å². The van der Waals surface area contributed by atoms with E-state index < -0.39 is 11.6 Å². The minimum Gasteiger partial charge on any atom is -0.481 e. The molecule has 0 amide bonds. The fourth-order valence-electron chi connectivity index (χ4n) is 1.39. The van der Waals surface area contributed by atoms with Crippen LogP contribution in [0.2, 0.25) is 0 Å². The summed E-state index contributed by atoms with van der Waals surface area (Å²) in [5.74, 6) is -0.877. The van der Waals surface area contributed by atoms with Crippen LogP contribution in [0, 0.1) is 5.82 Å². The van der Waals surface area contributed by atoms with Crippen molar-refractivity contribution in [3.8, 4) is 5.88 Å². The van der Waals surface area contributed by atoms with Gasteiger partial charge in [-0.25, -0.2) is 14.4 Å². The largest absolute Gasteiger partial charge is 0.481 e. The fraction of sp³-hybridized carbons (Fsp3) is 0.0833. The monoisotopic (exact) mass is 310 g/mol. The van der Waals surface area contributed by atoms with Gasteiger partial charge in [0.15, 0.2) is 0 Å². The number of nitrogens with zero attached hydrogens (tertiary/aromatic N) is 2. The van der Waals surface area contributed by atoms with Crippen LogP contribution in [0.25, 0.3) is 0 Å². The zero-order valence-electron chi connectivity index (χ0n) is 9.35. The summed E-state index contributed by atoms with van der Waals surface area (Å²) in [7, 11) is 1.43. The summed E-state index contributed by atoms with van der Waals surface area (Å²) in [5, 5.41) is 0. The zero-order valence-corrected chi connectivity index (χ0v) is 10.9. The standard InChI is InChI=1S/C12H8BrFN2O2/c1-18-10-5-9(15-6-16-10)12(17)7-3-2-4-8(13)11(7)14/h2-6H,1H3. The van der Waals surface area contributed by atoms with Crippen LogP contribution >= 0.6 is 15.9 Å². The molecule has 0 N–H and O–H groups in total. The van der Waals surface area contributed by atoms with E-state index in [2.05, 4.69) is 25.9 Å². The third-order valence-electron chi connectivity index (χ3n) is 2.28. The van der Waals surface area contributed by atoms with Gasteiger partial charge in [0.2, 0.25) is 11.7 Å². The average molecular weight is 311 g/mol. The van der Waals surface area contributed by atoms with Crippen molar-refractivity contribution in [2.75, 3.05) is 7.11 Å². The molecule has 0 saturated carbocycles. The second kappa shape index (κ2) is 5.22. The summed E-state index contributed by atoms with van der Waals surface area (Å²) in [5.41, 5.74) is 0.0315. The molecule has 0 radical (unpaired) electrons. The van der Waals surface area contributed by atoms with Crippen molar-refractivity contribution in [1.82, 2.24) is 9.97 Å². The molecule has 2 aromatic rings. The van der Waals surface area contributed by atoms with Crippen LogP contribution in [0.4, 0.5) is 4.39 Å². The lowest BCUT2D eigenvalue weighted by Crippen LogP contribution is -2.07. The van der Waals surface area contributed by atoms with Crippen LogP contribution in [-0.4, -0.2) is 22.9 Å². The van der Waals surface area contributed by atoms with E-state index in [1.54, 1.807) is 6.07 Å². The Morgan fingerprint density at radius 2 is 2.17 bits per heavy atom. The molecule has 0 aliphatic heterocycles. The van der Waals surface area contributed by atoms with E-state index in [0.29, 0.717) is 0 Å². The van der Waals surface area contributed by atoms with Gasteiger partial charge in [0.25, 0.3) is 0 Å². The molecule has 92 valence electrons. The first kappa shape index (κ1) is 12.6. The molecule has 6 heteroatoms. The molecule has 0 aliphatic carbocycles. The van der Waals surface area contributed by atoms with Crippen molar-refractivity contribution in [3.63, 3.8) is 0 Å².